The molecular weight excluding hydrogens is 408 g/mol. The molecule has 0 aliphatic heterocycles. The number of rotatable bonds is 10. The van der Waals surface area contributed by atoms with Crippen molar-refractivity contribution in [2.75, 3.05) is 7.11 Å². The molecule has 0 unspecified atom stereocenters. The molecule has 2 aromatic carbocycles. The molecule has 0 atom stereocenters. The van der Waals surface area contributed by atoms with Crippen molar-refractivity contribution in [3.8, 4) is 11.5 Å². The number of carbonyl (C=O) groups is 1. The molecule has 7 heteroatoms. The van der Waals surface area contributed by atoms with E-state index < -0.39 is 5.97 Å². The van der Waals surface area contributed by atoms with Crippen LogP contribution in [0.25, 0.3) is 0 Å². The third kappa shape index (κ3) is 5.55. The number of aryl methyl sites for hydroxylation is 2. The quantitative estimate of drug-likeness (QED) is 0.512. The van der Waals surface area contributed by atoms with Gasteiger partial charge in [0.2, 0.25) is 0 Å². The third-order valence-corrected chi connectivity index (χ3v) is 5.16. The van der Waals surface area contributed by atoms with Gasteiger partial charge in [0.15, 0.2) is 0 Å². The summed E-state index contributed by atoms with van der Waals surface area (Å²) in [5.74, 6) is 0.689. The summed E-state index contributed by atoms with van der Waals surface area (Å²) in [6.07, 6.45) is 2.79. The predicted molar refractivity (Wildman–Crippen MR) is 122 cm³/mol. The molecule has 0 saturated carbocycles. The Balaban J connectivity index is 1.73. The van der Waals surface area contributed by atoms with E-state index in [-0.39, 0.29) is 17.7 Å². The van der Waals surface area contributed by atoms with Gasteiger partial charge in [-0.2, -0.15) is 0 Å². The first-order chi connectivity index (χ1) is 15.4. The molecule has 0 fully saturated rings. The van der Waals surface area contributed by atoms with Gasteiger partial charge in [-0.1, -0.05) is 37.6 Å². The summed E-state index contributed by atoms with van der Waals surface area (Å²) in [6, 6.07) is 14.0. The molecular formula is C25H28N2O5. The van der Waals surface area contributed by atoms with Gasteiger partial charge in [0.25, 0.3) is 5.56 Å². The van der Waals surface area contributed by atoms with E-state index in [1.165, 1.54) is 13.2 Å². The van der Waals surface area contributed by atoms with Crippen LogP contribution < -0.4 is 15.0 Å². The molecule has 168 valence electrons. The number of ether oxygens (including phenoxy) is 2. The molecule has 1 N–H and O–H groups in total. The molecule has 0 aliphatic rings. The van der Waals surface area contributed by atoms with Crippen LogP contribution in [0.1, 0.15) is 52.8 Å². The van der Waals surface area contributed by atoms with Crippen molar-refractivity contribution in [3.63, 3.8) is 0 Å². The van der Waals surface area contributed by atoms with Gasteiger partial charge >= 0.3 is 5.97 Å². The van der Waals surface area contributed by atoms with Gasteiger partial charge in [-0.3, -0.25) is 9.36 Å². The van der Waals surface area contributed by atoms with Crippen molar-refractivity contribution in [1.29, 1.82) is 0 Å². The number of hydrogen-bond donors (Lipinski definition) is 1. The number of carboxylic acid groups (broad SMARTS) is 1. The standard InChI is InChI=1S/C25H28N2O5/c1-4-5-9-22-26-17(2)14-23(28)27(22)15-18-10-12-20(13-11-18)32-16-19-7-6-8-21(25(29)30)24(19)31-3/h6-8,10-14H,4-5,9,15-16H2,1-3H3,(H,29,30). The van der Waals surface area contributed by atoms with Crippen LogP contribution in [-0.4, -0.2) is 27.7 Å². The maximum atomic E-state index is 12.5. The first-order valence-electron chi connectivity index (χ1n) is 10.6. The topological polar surface area (TPSA) is 90.7 Å². The lowest BCUT2D eigenvalue weighted by Gasteiger charge is -2.14. The lowest BCUT2D eigenvalue weighted by Crippen LogP contribution is -2.25. The van der Waals surface area contributed by atoms with E-state index in [9.17, 15) is 14.7 Å². The van der Waals surface area contributed by atoms with Gasteiger partial charge in [0.1, 0.15) is 29.5 Å². The molecule has 0 bridgehead atoms. The molecule has 0 saturated heterocycles. The van der Waals surface area contributed by atoms with E-state index in [0.29, 0.717) is 23.6 Å². The Kier molecular flexibility index (Phi) is 7.65. The smallest absolute Gasteiger partial charge is 0.339 e. The van der Waals surface area contributed by atoms with Crippen LogP contribution >= 0.6 is 0 Å². The van der Waals surface area contributed by atoms with E-state index in [1.54, 1.807) is 22.8 Å². The number of nitrogens with zero attached hydrogens (tertiary/aromatic N) is 2. The van der Waals surface area contributed by atoms with E-state index in [0.717, 1.165) is 36.3 Å². The zero-order valence-electron chi connectivity index (χ0n) is 18.6. The number of para-hydroxylation sites is 1. The number of benzene rings is 2. The SMILES string of the molecule is CCCCc1nc(C)cc(=O)n1Cc1ccc(OCc2cccc(C(=O)O)c2OC)cc1. The fraction of sp³-hybridized carbons (Fsp3) is 0.320. The molecule has 7 nitrogen and oxygen atoms in total. The van der Waals surface area contributed by atoms with Crippen molar-refractivity contribution >= 4 is 5.97 Å². The largest absolute Gasteiger partial charge is 0.495 e. The Bertz CT molecular complexity index is 1140. The van der Waals surface area contributed by atoms with E-state index in [4.69, 9.17) is 9.47 Å². The molecule has 0 aliphatic carbocycles. The monoisotopic (exact) mass is 436 g/mol. The average molecular weight is 437 g/mol. The molecule has 3 aromatic rings. The highest BCUT2D eigenvalue weighted by Crippen LogP contribution is 2.25. The van der Waals surface area contributed by atoms with Gasteiger partial charge in [-0.15, -0.1) is 0 Å². The van der Waals surface area contributed by atoms with Crippen LogP contribution in [0, 0.1) is 6.92 Å². The molecule has 32 heavy (non-hydrogen) atoms. The number of unbranched alkanes of at least 4 members (excludes halogenated alkanes) is 1. The zero-order chi connectivity index (χ0) is 23.1. The van der Waals surface area contributed by atoms with Gasteiger partial charge in [-0.25, -0.2) is 9.78 Å². The predicted octanol–water partition coefficient (Wildman–Crippen LogP) is 4.23. The number of hydrogen-bond acceptors (Lipinski definition) is 5. The fourth-order valence-corrected chi connectivity index (χ4v) is 3.52. The van der Waals surface area contributed by atoms with Crippen LogP contribution in [0.5, 0.6) is 11.5 Å². The Hall–Kier alpha value is -3.61. The van der Waals surface area contributed by atoms with Crippen LogP contribution in [0.4, 0.5) is 0 Å². The highest BCUT2D eigenvalue weighted by atomic mass is 16.5. The summed E-state index contributed by atoms with van der Waals surface area (Å²) in [4.78, 5) is 28.5. The van der Waals surface area contributed by atoms with Crippen molar-refractivity contribution < 1.29 is 19.4 Å². The molecule has 0 radical (unpaired) electrons. The summed E-state index contributed by atoms with van der Waals surface area (Å²) in [7, 11) is 1.44. The first-order valence-corrected chi connectivity index (χ1v) is 10.6. The van der Waals surface area contributed by atoms with Gasteiger partial charge in [-0.05, 0) is 37.1 Å². The Morgan fingerprint density at radius 2 is 1.91 bits per heavy atom. The fourth-order valence-electron chi connectivity index (χ4n) is 3.52. The van der Waals surface area contributed by atoms with Crippen molar-refractivity contribution in [2.45, 2.75) is 46.3 Å². The molecule has 0 spiro atoms. The average Bonchev–Trinajstić information content (AvgIpc) is 2.78. The van der Waals surface area contributed by atoms with E-state index in [2.05, 4.69) is 11.9 Å². The summed E-state index contributed by atoms with van der Waals surface area (Å²) in [6.45, 7) is 4.57. The molecule has 3 rings (SSSR count). The van der Waals surface area contributed by atoms with Gasteiger partial charge < -0.3 is 14.6 Å². The van der Waals surface area contributed by atoms with Crippen molar-refractivity contribution in [2.24, 2.45) is 0 Å². The number of methoxy groups -OCH3 is 1. The van der Waals surface area contributed by atoms with E-state index in [1.807, 2.05) is 31.2 Å². The summed E-state index contributed by atoms with van der Waals surface area (Å²) < 4.78 is 12.8. The maximum Gasteiger partial charge on any atom is 0.339 e. The summed E-state index contributed by atoms with van der Waals surface area (Å²) in [5.41, 5.74) is 2.40. The van der Waals surface area contributed by atoms with Gasteiger partial charge in [0.05, 0.1) is 13.7 Å². The second kappa shape index (κ2) is 10.6. The first kappa shape index (κ1) is 23.1. The van der Waals surface area contributed by atoms with E-state index >= 15 is 0 Å². The Labute approximate surface area is 187 Å². The molecule has 1 aromatic heterocycles. The number of aromatic carboxylic acids is 1. The van der Waals surface area contributed by atoms with Crippen LogP contribution in [0.15, 0.2) is 53.3 Å². The van der Waals surface area contributed by atoms with Crippen LogP contribution in [0.2, 0.25) is 0 Å². The third-order valence-electron chi connectivity index (χ3n) is 5.16. The second-order valence-corrected chi connectivity index (χ2v) is 7.58. The highest BCUT2D eigenvalue weighted by molar-refractivity contribution is 5.91. The van der Waals surface area contributed by atoms with Crippen molar-refractivity contribution in [3.05, 3.63) is 87.1 Å². The lowest BCUT2D eigenvalue weighted by molar-refractivity contribution is 0.0693. The number of aromatic nitrogens is 2. The van der Waals surface area contributed by atoms with Crippen molar-refractivity contribution in [1.82, 2.24) is 9.55 Å². The minimum Gasteiger partial charge on any atom is -0.495 e. The summed E-state index contributed by atoms with van der Waals surface area (Å²) >= 11 is 0. The maximum absolute atomic E-state index is 12.5. The Morgan fingerprint density at radius 1 is 1.16 bits per heavy atom. The van der Waals surface area contributed by atoms with Crippen LogP contribution in [0.3, 0.4) is 0 Å². The minimum atomic E-state index is -1.05. The number of carboxylic acids is 1. The molecule has 1 heterocycles. The normalized spacial score (nSPS) is 10.7. The minimum absolute atomic E-state index is 0.0469. The van der Waals surface area contributed by atoms with Crippen LogP contribution in [-0.2, 0) is 19.6 Å². The zero-order valence-corrected chi connectivity index (χ0v) is 18.6. The highest BCUT2D eigenvalue weighted by Gasteiger charge is 2.15. The molecule has 0 amide bonds. The summed E-state index contributed by atoms with van der Waals surface area (Å²) in [5, 5.41) is 9.31. The Morgan fingerprint density at radius 3 is 2.56 bits per heavy atom. The lowest BCUT2D eigenvalue weighted by atomic mass is 10.1. The second-order valence-electron chi connectivity index (χ2n) is 7.58. The van der Waals surface area contributed by atoms with Gasteiger partial charge in [0, 0.05) is 23.7 Å².